The van der Waals surface area contributed by atoms with Crippen LogP contribution in [0.4, 0.5) is 13.6 Å². The summed E-state index contributed by atoms with van der Waals surface area (Å²) in [4.78, 5) is 51.1. The smallest absolute Gasteiger partial charge is 0.408 e. The lowest BCUT2D eigenvalue weighted by atomic mass is 9.83. The van der Waals surface area contributed by atoms with Crippen LogP contribution in [-0.2, 0) is 20.2 Å². The highest BCUT2D eigenvalue weighted by molar-refractivity contribution is 5.88. The Bertz CT molecular complexity index is 1500. The molecule has 4 aliphatic rings. The number of benzene rings is 1. The van der Waals surface area contributed by atoms with E-state index in [9.17, 15) is 14.4 Å². The third kappa shape index (κ3) is 6.81. The Morgan fingerprint density at radius 2 is 1.77 bits per heavy atom. The molecule has 6 rings (SSSR count). The molecule has 3 heterocycles. The fraction of sp³-hybridized carbons (Fsp3) is 0.694. The summed E-state index contributed by atoms with van der Waals surface area (Å²) in [5.41, 5.74) is -0.699. The Morgan fingerprint density at radius 3 is 2.50 bits per heavy atom. The molecule has 0 spiro atoms. The summed E-state index contributed by atoms with van der Waals surface area (Å²) in [6.45, 7) is 3.76. The van der Waals surface area contributed by atoms with Gasteiger partial charge in [0.15, 0.2) is 5.69 Å². The molecule has 2 saturated carbocycles. The van der Waals surface area contributed by atoms with Gasteiger partial charge in [-0.15, -0.1) is 0 Å². The Morgan fingerprint density at radius 1 is 1.02 bits per heavy atom. The molecule has 6 atom stereocenters. The first-order valence-electron chi connectivity index (χ1n) is 17.7. The summed E-state index contributed by atoms with van der Waals surface area (Å²) < 4.78 is 50.1. The maximum Gasteiger partial charge on any atom is 0.408 e. The second-order valence-electron chi connectivity index (χ2n) is 14.3. The molecule has 10 nitrogen and oxygen atoms in total. The van der Waals surface area contributed by atoms with Gasteiger partial charge in [-0.05, 0) is 82.3 Å². The van der Waals surface area contributed by atoms with Crippen molar-refractivity contribution in [3.05, 3.63) is 23.9 Å². The molecule has 0 radical (unpaired) electrons. The number of hydrogen-bond donors (Lipinski definition) is 1. The van der Waals surface area contributed by atoms with Crippen LogP contribution in [0.5, 0.6) is 11.6 Å². The predicted octanol–water partition coefficient (Wildman–Crippen LogP) is 6.72. The molecular weight excluding hydrogens is 622 g/mol. The minimum Gasteiger partial charge on any atom is -0.497 e. The van der Waals surface area contributed by atoms with Gasteiger partial charge in [0, 0.05) is 18.4 Å². The average Bonchev–Trinajstić information content (AvgIpc) is 3.63. The number of nitrogens with one attached hydrogen (secondary N) is 1. The minimum atomic E-state index is -3.36. The van der Waals surface area contributed by atoms with Crippen LogP contribution in [0.25, 0.3) is 11.0 Å². The van der Waals surface area contributed by atoms with Crippen LogP contribution in [0.3, 0.4) is 0 Å². The van der Waals surface area contributed by atoms with Gasteiger partial charge in [0.1, 0.15) is 29.8 Å². The second kappa shape index (κ2) is 14.1. The van der Waals surface area contributed by atoms with Gasteiger partial charge in [0.2, 0.25) is 11.8 Å². The molecule has 2 amide bonds. The number of aromatic nitrogens is 2. The molecule has 262 valence electrons. The van der Waals surface area contributed by atoms with Gasteiger partial charge in [-0.1, -0.05) is 32.6 Å². The van der Waals surface area contributed by atoms with E-state index in [0.717, 1.165) is 51.2 Å². The van der Waals surface area contributed by atoms with E-state index in [1.165, 1.54) is 12.0 Å². The third-order valence-electron chi connectivity index (χ3n) is 11.4. The van der Waals surface area contributed by atoms with E-state index in [1.54, 1.807) is 18.2 Å². The number of halogens is 2. The first-order valence-corrected chi connectivity index (χ1v) is 17.7. The zero-order valence-corrected chi connectivity index (χ0v) is 28.2. The number of aldehydes is 1. The van der Waals surface area contributed by atoms with Crippen molar-refractivity contribution >= 4 is 29.3 Å². The van der Waals surface area contributed by atoms with Crippen molar-refractivity contribution < 1.29 is 37.4 Å². The molecule has 12 heteroatoms. The van der Waals surface area contributed by atoms with Crippen molar-refractivity contribution in [3.63, 3.8) is 0 Å². The number of rotatable bonds is 4. The van der Waals surface area contributed by atoms with Crippen LogP contribution in [0.15, 0.2) is 18.2 Å². The maximum absolute atomic E-state index is 16.2. The summed E-state index contributed by atoms with van der Waals surface area (Å²) in [6.07, 6.45) is 7.47. The molecule has 0 unspecified atom stereocenters. The van der Waals surface area contributed by atoms with Crippen LogP contribution in [0.2, 0.25) is 0 Å². The molecule has 2 aliphatic heterocycles. The van der Waals surface area contributed by atoms with E-state index in [2.05, 4.69) is 15.3 Å². The van der Waals surface area contributed by atoms with E-state index in [0.29, 0.717) is 36.9 Å². The van der Waals surface area contributed by atoms with Gasteiger partial charge in [-0.25, -0.2) is 14.8 Å². The lowest BCUT2D eigenvalue weighted by Crippen LogP contribution is -2.55. The summed E-state index contributed by atoms with van der Waals surface area (Å²) >= 11 is 0. The van der Waals surface area contributed by atoms with E-state index in [-0.39, 0.29) is 42.1 Å². The molecule has 2 bridgehead atoms. The Hall–Kier alpha value is -3.57. The summed E-state index contributed by atoms with van der Waals surface area (Å²) in [6, 6.07) is 3.11. The Labute approximate surface area is 280 Å². The molecule has 1 saturated heterocycles. The molecule has 2 aliphatic carbocycles. The second-order valence-corrected chi connectivity index (χ2v) is 14.3. The van der Waals surface area contributed by atoms with Crippen molar-refractivity contribution in [1.29, 1.82) is 0 Å². The number of carbonyl (C=O) groups is 3. The third-order valence-corrected chi connectivity index (χ3v) is 11.4. The van der Waals surface area contributed by atoms with Crippen molar-refractivity contribution in [1.82, 2.24) is 20.2 Å². The van der Waals surface area contributed by atoms with E-state index >= 15 is 8.78 Å². The fourth-order valence-electron chi connectivity index (χ4n) is 8.60. The highest BCUT2D eigenvalue weighted by Crippen LogP contribution is 2.44. The van der Waals surface area contributed by atoms with E-state index in [4.69, 9.17) is 14.2 Å². The molecule has 2 aromatic rings. The number of amides is 2. The Kier molecular flexibility index (Phi) is 10.1. The largest absolute Gasteiger partial charge is 0.497 e. The normalized spacial score (nSPS) is 31.9. The summed E-state index contributed by atoms with van der Waals surface area (Å²) in [5, 5.41) is 2.95. The van der Waals surface area contributed by atoms with Crippen LogP contribution < -0.4 is 14.8 Å². The number of alkyl carbamates (subject to hydrolysis) is 1. The van der Waals surface area contributed by atoms with Crippen LogP contribution >= 0.6 is 0 Å². The van der Waals surface area contributed by atoms with Crippen molar-refractivity contribution in [2.75, 3.05) is 13.7 Å². The van der Waals surface area contributed by atoms with Gasteiger partial charge < -0.3 is 29.2 Å². The van der Waals surface area contributed by atoms with Gasteiger partial charge in [0.25, 0.3) is 5.92 Å². The number of hydrogen-bond acceptors (Lipinski definition) is 8. The van der Waals surface area contributed by atoms with Crippen molar-refractivity contribution in [2.45, 2.75) is 127 Å². The molecule has 1 N–H and O–H groups in total. The van der Waals surface area contributed by atoms with Crippen molar-refractivity contribution in [3.8, 4) is 11.6 Å². The summed E-state index contributed by atoms with van der Waals surface area (Å²) in [7, 11) is 1.51. The zero-order chi connectivity index (χ0) is 34.1. The zero-order valence-electron chi connectivity index (χ0n) is 28.2. The van der Waals surface area contributed by atoms with E-state index < -0.39 is 53.8 Å². The number of methoxy groups -OCH3 is 1. The number of carbonyl (C=O) groups excluding carboxylic acids is 3. The predicted molar refractivity (Wildman–Crippen MR) is 174 cm³/mol. The summed E-state index contributed by atoms with van der Waals surface area (Å²) in [5.74, 6) is -4.15. The first kappa shape index (κ1) is 34.3. The molecule has 1 aromatic carbocycles. The first-order chi connectivity index (χ1) is 23.1. The standard InChI is InChI=1S/C36H48F2N4O6/c1-4-25-28(21-43)42-20-29(25)47-32-31(39-26-16-15-24(46-3)19-27(26)40-32)36(37,38)18-9-8-13-23-14-10-17-35(23,2)48-34(45)41-30(33(42)44)22-11-6-5-7-12-22/h15-16,19,21-23,25,28-30H,4-14,17-18,20H2,1-3H3,(H,41,45)/t23-,25+,28-,29+,30+,35-/m1/s1. The fourth-order valence-corrected chi connectivity index (χ4v) is 8.60. The van der Waals surface area contributed by atoms with Crippen molar-refractivity contribution in [2.24, 2.45) is 17.8 Å². The van der Waals surface area contributed by atoms with Crippen LogP contribution in [0.1, 0.15) is 103 Å². The lowest BCUT2D eigenvalue weighted by molar-refractivity contribution is -0.138. The van der Waals surface area contributed by atoms with Crippen LogP contribution in [0, 0.1) is 17.8 Å². The van der Waals surface area contributed by atoms with E-state index in [1.807, 2.05) is 13.8 Å². The monoisotopic (exact) mass is 670 g/mol. The molecule has 3 fully saturated rings. The van der Waals surface area contributed by atoms with Gasteiger partial charge in [-0.3, -0.25) is 4.79 Å². The van der Waals surface area contributed by atoms with Crippen LogP contribution in [-0.4, -0.2) is 70.6 Å². The van der Waals surface area contributed by atoms with Gasteiger partial charge in [-0.2, -0.15) is 8.78 Å². The van der Waals surface area contributed by atoms with Gasteiger partial charge >= 0.3 is 6.09 Å². The molecule has 1 aromatic heterocycles. The highest BCUT2D eigenvalue weighted by Gasteiger charge is 2.49. The number of ether oxygens (including phenoxy) is 3. The SMILES string of the molecule is CC[C@@H]1[C@@H]2CN(C(=O)[C@H](C3CCCCC3)NC(=O)O[C@]3(C)CCC[C@H]3CCCCC(F)(F)c3nc4ccc(OC)cc4nc3O2)[C@@H]1C=O. The highest BCUT2D eigenvalue weighted by atomic mass is 19.3. The lowest BCUT2D eigenvalue weighted by Gasteiger charge is -2.36. The Balaban J connectivity index is 1.41. The average molecular weight is 671 g/mol. The number of alkyl halides is 2. The topological polar surface area (TPSA) is 120 Å². The number of fused-ring (bicyclic) bond motifs is 5. The maximum atomic E-state index is 16.2. The molecular formula is C36H48F2N4O6. The quantitative estimate of drug-likeness (QED) is 0.356. The molecule has 48 heavy (non-hydrogen) atoms. The van der Waals surface area contributed by atoms with Gasteiger partial charge in [0.05, 0.1) is 30.7 Å². The minimum absolute atomic E-state index is 0.0121. The number of nitrogens with zero attached hydrogens (tertiary/aromatic N) is 3.